The second-order valence-electron chi connectivity index (χ2n) is 3.26. The van der Waals surface area contributed by atoms with Gasteiger partial charge in [-0.3, -0.25) is 4.79 Å². The molecule has 1 aromatic carbocycles. The average molecular weight is 271 g/mol. The number of H-pyrrole nitrogens is 1. The predicted molar refractivity (Wildman–Crippen MR) is 65.8 cm³/mol. The molecule has 0 unspecified atom stereocenters. The maximum absolute atomic E-state index is 13.4. The first kappa shape index (κ1) is 12.1. The molecule has 88 valence electrons. The molecule has 0 atom stereocenters. The molecule has 2 aromatic rings. The topological polar surface area (TPSA) is 45.8 Å². The quantitative estimate of drug-likeness (QED) is 0.689. The van der Waals surface area contributed by atoms with E-state index >= 15 is 0 Å². The van der Waals surface area contributed by atoms with Gasteiger partial charge in [0.25, 0.3) is 5.56 Å². The lowest BCUT2D eigenvalue weighted by Crippen LogP contribution is -2.05. The standard InChI is InChI=1S/C11H8ClFN2OS/c12-8-2-1-7(9(13)5-8)6-17-11-14-4-3-10(16)15-11/h1-5H,6H2,(H,14,15,16). The number of benzene rings is 1. The van der Waals surface area contributed by atoms with E-state index in [0.717, 1.165) is 0 Å². The summed E-state index contributed by atoms with van der Waals surface area (Å²) < 4.78 is 13.4. The molecule has 0 radical (unpaired) electrons. The maximum Gasteiger partial charge on any atom is 0.251 e. The van der Waals surface area contributed by atoms with Crippen molar-refractivity contribution >= 4 is 23.4 Å². The molecular formula is C11H8ClFN2OS. The van der Waals surface area contributed by atoms with Crippen LogP contribution in [0.1, 0.15) is 5.56 Å². The zero-order chi connectivity index (χ0) is 12.3. The van der Waals surface area contributed by atoms with Crippen molar-refractivity contribution in [3.8, 4) is 0 Å². The number of hydrogen-bond donors (Lipinski definition) is 1. The van der Waals surface area contributed by atoms with Gasteiger partial charge in [0, 0.05) is 23.0 Å². The lowest BCUT2D eigenvalue weighted by Gasteiger charge is -2.02. The number of aromatic nitrogens is 2. The lowest BCUT2D eigenvalue weighted by molar-refractivity contribution is 0.617. The van der Waals surface area contributed by atoms with Crippen LogP contribution < -0.4 is 5.56 Å². The molecule has 2 rings (SSSR count). The molecular weight excluding hydrogens is 263 g/mol. The Morgan fingerprint density at radius 2 is 2.24 bits per heavy atom. The molecule has 0 spiro atoms. The number of nitrogens with zero attached hydrogens (tertiary/aromatic N) is 1. The smallest absolute Gasteiger partial charge is 0.251 e. The van der Waals surface area contributed by atoms with E-state index in [9.17, 15) is 9.18 Å². The molecule has 3 nitrogen and oxygen atoms in total. The zero-order valence-corrected chi connectivity index (χ0v) is 10.2. The van der Waals surface area contributed by atoms with E-state index in [1.165, 1.54) is 30.1 Å². The minimum atomic E-state index is -0.358. The Labute approximate surface area is 106 Å². The van der Waals surface area contributed by atoms with Crippen LogP contribution in [0.5, 0.6) is 0 Å². The summed E-state index contributed by atoms with van der Waals surface area (Å²) >= 11 is 6.91. The molecule has 17 heavy (non-hydrogen) atoms. The van der Waals surface area contributed by atoms with Gasteiger partial charge in [-0.2, -0.15) is 0 Å². The van der Waals surface area contributed by atoms with Gasteiger partial charge in [-0.15, -0.1) is 0 Å². The van der Waals surface area contributed by atoms with Gasteiger partial charge in [0.15, 0.2) is 5.16 Å². The third-order valence-corrected chi connectivity index (χ3v) is 3.20. The molecule has 0 aliphatic rings. The molecule has 0 aliphatic carbocycles. The minimum Gasteiger partial charge on any atom is -0.301 e. The first-order chi connectivity index (χ1) is 8.15. The summed E-state index contributed by atoms with van der Waals surface area (Å²) in [7, 11) is 0. The zero-order valence-electron chi connectivity index (χ0n) is 8.61. The molecule has 0 bridgehead atoms. The van der Waals surface area contributed by atoms with E-state index in [1.54, 1.807) is 12.1 Å². The minimum absolute atomic E-state index is 0.223. The molecule has 0 aliphatic heterocycles. The third-order valence-electron chi connectivity index (χ3n) is 2.03. The van der Waals surface area contributed by atoms with Crippen LogP contribution in [-0.4, -0.2) is 9.97 Å². The molecule has 0 saturated carbocycles. The highest BCUT2D eigenvalue weighted by atomic mass is 35.5. The van der Waals surface area contributed by atoms with Crippen LogP contribution in [0.2, 0.25) is 5.02 Å². The fraction of sp³-hybridized carbons (Fsp3) is 0.0909. The first-order valence-corrected chi connectivity index (χ1v) is 6.13. The molecule has 1 N–H and O–H groups in total. The van der Waals surface area contributed by atoms with Gasteiger partial charge >= 0.3 is 0 Å². The van der Waals surface area contributed by atoms with E-state index in [2.05, 4.69) is 9.97 Å². The van der Waals surface area contributed by atoms with Gasteiger partial charge in [0.05, 0.1) is 0 Å². The van der Waals surface area contributed by atoms with Gasteiger partial charge < -0.3 is 4.98 Å². The second-order valence-corrected chi connectivity index (χ2v) is 4.66. The predicted octanol–water partition coefficient (Wildman–Crippen LogP) is 2.85. The SMILES string of the molecule is O=c1ccnc(SCc2ccc(Cl)cc2F)[nH]1. The van der Waals surface area contributed by atoms with Crippen molar-refractivity contribution in [2.75, 3.05) is 0 Å². The number of nitrogens with one attached hydrogen (secondary N) is 1. The van der Waals surface area contributed by atoms with E-state index in [0.29, 0.717) is 21.5 Å². The summed E-state index contributed by atoms with van der Waals surface area (Å²) in [6, 6.07) is 5.83. The van der Waals surface area contributed by atoms with Crippen molar-refractivity contribution in [3.05, 3.63) is 57.2 Å². The summed E-state index contributed by atoms with van der Waals surface area (Å²) in [4.78, 5) is 17.5. The number of thioether (sulfide) groups is 1. The second kappa shape index (κ2) is 5.33. The van der Waals surface area contributed by atoms with Crippen LogP contribution in [0.4, 0.5) is 4.39 Å². The molecule has 0 amide bonds. The Morgan fingerprint density at radius 1 is 1.41 bits per heavy atom. The number of aromatic amines is 1. The first-order valence-electron chi connectivity index (χ1n) is 4.77. The lowest BCUT2D eigenvalue weighted by atomic mass is 10.2. The molecule has 0 fully saturated rings. The van der Waals surface area contributed by atoms with Crippen molar-refractivity contribution in [3.63, 3.8) is 0 Å². The summed E-state index contributed by atoms with van der Waals surface area (Å²) in [5.41, 5.74) is 0.296. The fourth-order valence-corrected chi connectivity index (χ4v) is 2.20. The normalized spacial score (nSPS) is 10.5. The monoisotopic (exact) mass is 270 g/mol. The van der Waals surface area contributed by atoms with Crippen molar-refractivity contribution in [2.24, 2.45) is 0 Å². The highest BCUT2D eigenvalue weighted by Crippen LogP contribution is 2.22. The average Bonchev–Trinajstić information content (AvgIpc) is 2.28. The maximum atomic E-state index is 13.4. The Balaban J connectivity index is 2.10. The fourth-order valence-electron chi connectivity index (χ4n) is 1.21. The number of rotatable bonds is 3. The Kier molecular flexibility index (Phi) is 3.81. The van der Waals surface area contributed by atoms with E-state index in [1.807, 2.05) is 0 Å². The summed E-state index contributed by atoms with van der Waals surface area (Å²) in [5, 5.41) is 0.828. The Hall–Kier alpha value is -1.33. The Bertz CT molecular complexity index is 588. The molecule has 6 heteroatoms. The van der Waals surface area contributed by atoms with Crippen LogP contribution in [0.15, 0.2) is 40.4 Å². The van der Waals surface area contributed by atoms with Crippen LogP contribution in [0, 0.1) is 5.82 Å². The van der Waals surface area contributed by atoms with Crippen LogP contribution in [0.25, 0.3) is 0 Å². The van der Waals surface area contributed by atoms with E-state index in [4.69, 9.17) is 11.6 Å². The van der Waals surface area contributed by atoms with Crippen molar-refractivity contribution in [2.45, 2.75) is 10.9 Å². The van der Waals surface area contributed by atoms with Crippen LogP contribution in [0.3, 0.4) is 0 Å². The molecule has 0 saturated heterocycles. The van der Waals surface area contributed by atoms with Gasteiger partial charge in [-0.05, 0) is 17.7 Å². The van der Waals surface area contributed by atoms with Gasteiger partial charge in [-0.25, -0.2) is 9.37 Å². The van der Waals surface area contributed by atoms with Gasteiger partial charge in [-0.1, -0.05) is 29.4 Å². The molecule has 1 aromatic heterocycles. The number of halogens is 2. The van der Waals surface area contributed by atoms with Crippen molar-refractivity contribution in [1.29, 1.82) is 0 Å². The van der Waals surface area contributed by atoms with Gasteiger partial charge in [0.2, 0.25) is 0 Å². The Morgan fingerprint density at radius 3 is 2.94 bits per heavy atom. The summed E-state index contributed by atoms with van der Waals surface area (Å²) in [6.07, 6.45) is 1.42. The third kappa shape index (κ3) is 3.31. The van der Waals surface area contributed by atoms with Crippen LogP contribution in [-0.2, 0) is 5.75 Å². The highest BCUT2D eigenvalue weighted by Gasteiger charge is 2.04. The van der Waals surface area contributed by atoms with Crippen LogP contribution >= 0.6 is 23.4 Å². The van der Waals surface area contributed by atoms with E-state index < -0.39 is 0 Å². The summed E-state index contributed by atoms with van der Waals surface area (Å²) in [5.74, 6) is 0.0268. The van der Waals surface area contributed by atoms with Gasteiger partial charge in [0.1, 0.15) is 5.82 Å². The largest absolute Gasteiger partial charge is 0.301 e. The van der Waals surface area contributed by atoms with E-state index in [-0.39, 0.29) is 11.4 Å². The molecule has 1 heterocycles. The summed E-state index contributed by atoms with van der Waals surface area (Å²) in [6.45, 7) is 0. The van der Waals surface area contributed by atoms with Crippen molar-refractivity contribution < 1.29 is 4.39 Å². The highest BCUT2D eigenvalue weighted by molar-refractivity contribution is 7.98. The number of hydrogen-bond acceptors (Lipinski definition) is 3. The van der Waals surface area contributed by atoms with Crippen molar-refractivity contribution in [1.82, 2.24) is 9.97 Å².